The van der Waals surface area contributed by atoms with Crippen LogP contribution in [0, 0.1) is 5.92 Å². The number of ether oxygens (including phenoxy) is 1. The molecule has 6 heteroatoms. The zero-order valence-corrected chi connectivity index (χ0v) is 14.9. The molecule has 22 heavy (non-hydrogen) atoms. The average molecular weight is 371 g/mol. The Morgan fingerprint density at radius 3 is 2.32 bits per heavy atom. The summed E-state index contributed by atoms with van der Waals surface area (Å²) in [6.07, 6.45) is 0. The molecule has 0 saturated heterocycles. The number of hydrogen-bond donors (Lipinski definition) is 2. The Balaban J connectivity index is 2.52. The lowest BCUT2D eigenvalue weighted by molar-refractivity contribution is -0.148. The molecule has 0 bridgehead atoms. The van der Waals surface area contributed by atoms with Gasteiger partial charge in [-0.3, -0.25) is 9.59 Å². The van der Waals surface area contributed by atoms with E-state index in [0.29, 0.717) is 6.61 Å². The Morgan fingerprint density at radius 2 is 1.77 bits per heavy atom. The maximum absolute atomic E-state index is 12.1. The number of amides is 1. The predicted octanol–water partition coefficient (Wildman–Crippen LogP) is 2.95. The normalized spacial score (nSPS) is 14.8. The van der Waals surface area contributed by atoms with Gasteiger partial charge in [0.25, 0.3) is 0 Å². The van der Waals surface area contributed by atoms with Gasteiger partial charge in [-0.25, -0.2) is 0 Å². The Labute approximate surface area is 139 Å². The van der Waals surface area contributed by atoms with E-state index in [-0.39, 0.29) is 23.8 Å². The minimum atomic E-state index is -0.421. The van der Waals surface area contributed by atoms with Crippen LogP contribution < -0.4 is 10.6 Å². The highest BCUT2D eigenvalue weighted by molar-refractivity contribution is 9.10. The molecule has 1 rings (SSSR count). The van der Waals surface area contributed by atoms with E-state index < -0.39 is 6.04 Å². The third-order valence-corrected chi connectivity index (χ3v) is 3.95. The molecule has 0 aliphatic rings. The first-order valence-corrected chi connectivity index (χ1v) is 8.13. The number of hydrogen-bond acceptors (Lipinski definition) is 4. The molecule has 0 saturated carbocycles. The molecule has 2 N–H and O–H groups in total. The summed E-state index contributed by atoms with van der Waals surface area (Å²) < 4.78 is 5.94. The van der Waals surface area contributed by atoms with Gasteiger partial charge in [0.2, 0.25) is 5.91 Å². The van der Waals surface area contributed by atoms with Crippen LogP contribution in [0.3, 0.4) is 0 Å². The largest absolute Gasteiger partial charge is 0.466 e. The van der Waals surface area contributed by atoms with E-state index in [0.717, 1.165) is 10.2 Å². The highest BCUT2D eigenvalue weighted by Gasteiger charge is 2.24. The zero-order chi connectivity index (χ0) is 16.7. The lowest BCUT2D eigenvalue weighted by atomic mass is 10.0. The lowest BCUT2D eigenvalue weighted by Gasteiger charge is -2.23. The molecule has 3 atom stereocenters. The number of anilines is 1. The van der Waals surface area contributed by atoms with Gasteiger partial charge >= 0.3 is 5.97 Å². The molecular formula is C16H23BrN2O3. The Morgan fingerprint density at radius 1 is 1.18 bits per heavy atom. The summed E-state index contributed by atoms with van der Waals surface area (Å²) in [6.45, 7) is 7.55. The second kappa shape index (κ2) is 8.90. The number of benzene rings is 1. The summed E-state index contributed by atoms with van der Waals surface area (Å²) in [5, 5.41) is 5.96. The third-order valence-electron chi connectivity index (χ3n) is 3.43. The minimum absolute atomic E-state index is 0.148. The van der Waals surface area contributed by atoms with Crippen molar-refractivity contribution in [2.75, 3.05) is 11.9 Å². The SMILES string of the molecule is CCOC(=O)[C@H](C)[C@@H](C)N[C@@H](C)C(=O)Nc1ccc(Br)cc1. The highest BCUT2D eigenvalue weighted by atomic mass is 79.9. The van der Waals surface area contributed by atoms with Crippen molar-refractivity contribution in [1.82, 2.24) is 5.32 Å². The minimum Gasteiger partial charge on any atom is -0.466 e. The van der Waals surface area contributed by atoms with Crippen LogP contribution in [-0.4, -0.2) is 30.6 Å². The van der Waals surface area contributed by atoms with Crippen LogP contribution in [-0.2, 0) is 14.3 Å². The fraction of sp³-hybridized carbons (Fsp3) is 0.500. The molecule has 0 aliphatic heterocycles. The highest BCUT2D eigenvalue weighted by Crippen LogP contribution is 2.14. The van der Waals surface area contributed by atoms with E-state index >= 15 is 0 Å². The molecule has 0 aromatic heterocycles. The van der Waals surface area contributed by atoms with Crippen molar-refractivity contribution < 1.29 is 14.3 Å². The molecule has 0 heterocycles. The van der Waals surface area contributed by atoms with E-state index in [4.69, 9.17) is 4.74 Å². The summed E-state index contributed by atoms with van der Waals surface area (Å²) >= 11 is 3.35. The van der Waals surface area contributed by atoms with Gasteiger partial charge in [0.1, 0.15) is 0 Å². The Bertz CT molecular complexity index is 505. The molecule has 0 unspecified atom stereocenters. The second-order valence-electron chi connectivity index (χ2n) is 5.21. The maximum Gasteiger partial charge on any atom is 0.310 e. The van der Waals surface area contributed by atoms with Gasteiger partial charge in [-0.15, -0.1) is 0 Å². The quantitative estimate of drug-likeness (QED) is 0.724. The standard InChI is InChI=1S/C16H23BrN2O3/c1-5-22-16(21)10(2)11(3)18-12(4)15(20)19-14-8-6-13(17)7-9-14/h6-12,18H,5H2,1-4H3,(H,19,20)/t10-,11-,12+/m1/s1. The lowest BCUT2D eigenvalue weighted by Crippen LogP contribution is -2.47. The molecule has 1 amide bonds. The molecule has 1 aromatic carbocycles. The fourth-order valence-corrected chi connectivity index (χ4v) is 2.14. The first kappa shape index (κ1) is 18.6. The third kappa shape index (κ3) is 5.77. The molecule has 5 nitrogen and oxygen atoms in total. The van der Waals surface area contributed by atoms with E-state index in [1.165, 1.54) is 0 Å². The van der Waals surface area contributed by atoms with E-state index in [1.807, 2.05) is 31.2 Å². The van der Waals surface area contributed by atoms with Crippen molar-refractivity contribution in [2.45, 2.75) is 39.8 Å². The molecule has 0 radical (unpaired) electrons. The van der Waals surface area contributed by atoms with Gasteiger partial charge in [-0.05, 0) is 45.0 Å². The number of nitrogens with one attached hydrogen (secondary N) is 2. The summed E-state index contributed by atoms with van der Waals surface area (Å²) in [5.41, 5.74) is 0.730. The van der Waals surface area contributed by atoms with Crippen LogP contribution in [0.4, 0.5) is 5.69 Å². The van der Waals surface area contributed by atoms with Crippen LogP contribution in [0.15, 0.2) is 28.7 Å². The maximum atomic E-state index is 12.1. The second-order valence-corrected chi connectivity index (χ2v) is 6.13. The summed E-state index contributed by atoms with van der Waals surface area (Å²) in [4.78, 5) is 23.8. The van der Waals surface area contributed by atoms with Crippen molar-refractivity contribution in [3.63, 3.8) is 0 Å². The van der Waals surface area contributed by atoms with Crippen molar-refractivity contribution in [1.29, 1.82) is 0 Å². The van der Waals surface area contributed by atoms with Gasteiger partial charge in [0.15, 0.2) is 0 Å². The van der Waals surface area contributed by atoms with Crippen LogP contribution >= 0.6 is 15.9 Å². The van der Waals surface area contributed by atoms with Crippen LogP contribution in [0.1, 0.15) is 27.7 Å². The zero-order valence-electron chi connectivity index (χ0n) is 13.4. The summed E-state index contributed by atoms with van der Waals surface area (Å²) in [6, 6.07) is 6.78. The van der Waals surface area contributed by atoms with Gasteiger partial charge in [-0.2, -0.15) is 0 Å². The van der Waals surface area contributed by atoms with Gasteiger partial charge < -0.3 is 15.4 Å². The van der Waals surface area contributed by atoms with E-state index in [2.05, 4.69) is 26.6 Å². The molecule has 0 fully saturated rings. The first-order valence-electron chi connectivity index (χ1n) is 7.34. The van der Waals surface area contributed by atoms with Crippen molar-refractivity contribution in [3.8, 4) is 0 Å². The number of carbonyl (C=O) groups excluding carboxylic acids is 2. The fourth-order valence-electron chi connectivity index (χ4n) is 1.88. The molecule has 122 valence electrons. The summed E-state index contributed by atoms with van der Waals surface area (Å²) in [5.74, 6) is -0.726. The average Bonchev–Trinajstić information content (AvgIpc) is 2.48. The van der Waals surface area contributed by atoms with Crippen molar-refractivity contribution >= 4 is 33.5 Å². The van der Waals surface area contributed by atoms with Gasteiger partial charge in [-0.1, -0.05) is 22.9 Å². The number of rotatable bonds is 7. The van der Waals surface area contributed by atoms with Gasteiger partial charge in [0, 0.05) is 16.2 Å². The number of halogens is 1. The molecule has 1 aromatic rings. The van der Waals surface area contributed by atoms with Crippen molar-refractivity contribution in [3.05, 3.63) is 28.7 Å². The predicted molar refractivity (Wildman–Crippen MR) is 90.6 cm³/mol. The smallest absolute Gasteiger partial charge is 0.310 e. The first-order chi connectivity index (χ1) is 10.3. The van der Waals surface area contributed by atoms with Crippen LogP contribution in [0.25, 0.3) is 0 Å². The Kier molecular flexibility index (Phi) is 7.55. The van der Waals surface area contributed by atoms with Crippen LogP contribution in [0.2, 0.25) is 0 Å². The van der Waals surface area contributed by atoms with Crippen molar-refractivity contribution in [2.24, 2.45) is 5.92 Å². The monoisotopic (exact) mass is 370 g/mol. The molecule has 0 aliphatic carbocycles. The van der Waals surface area contributed by atoms with Gasteiger partial charge in [0.05, 0.1) is 18.6 Å². The topological polar surface area (TPSA) is 67.4 Å². The number of esters is 1. The summed E-state index contributed by atoms with van der Waals surface area (Å²) in [7, 11) is 0. The Hall–Kier alpha value is -1.40. The van der Waals surface area contributed by atoms with E-state index in [1.54, 1.807) is 20.8 Å². The number of carbonyl (C=O) groups is 2. The molecule has 0 spiro atoms. The van der Waals surface area contributed by atoms with E-state index in [9.17, 15) is 9.59 Å². The molecular weight excluding hydrogens is 348 g/mol. The van der Waals surface area contributed by atoms with Crippen LogP contribution in [0.5, 0.6) is 0 Å².